The summed E-state index contributed by atoms with van der Waals surface area (Å²) in [6, 6.07) is 19.6. The maximum atomic E-state index is 13.4. The van der Waals surface area contributed by atoms with E-state index in [2.05, 4.69) is 5.32 Å². The summed E-state index contributed by atoms with van der Waals surface area (Å²) in [6.45, 7) is -0.0835. The largest absolute Gasteiger partial charge is 0.353 e. The monoisotopic (exact) mass is 480 g/mol. The van der Waals surface area contributed by atoms with Crippen LogP contribution >= 0.6 is 23.2 Å². The lowest BCUT2D eigenvalue weighted by Crippen LogP contribution is -2.39. The molecule has 162 valence electrons. The minimum absolute atomic E-state index is 0.000910. The van der Waals surface area contributed by atoms with E-state index in [1.54, 1.807) is 24.3 Å². The fourth-order valence-electron chi connectivity index (χ4n) is 2.87. The number of rotatable bonds is 8. The highest BCUT2D eigenvalue weighted by Gasteiger charge is 2.25. The maximum absolute atomic E-state index is 13.4. The number of sulfonamides is 1. The third-order valence-corrected chi connectivity index (χ3v) is 7.00. The van der Waals surface area contributed by atoms with E-state index in [0.29, 0.717) is 10.6 Å². The van der Waals surface area contributed by atoms with Crippen molar-refractivity contribution in [2.75, 3.05) is 17.4 Å². The molecule has 3 aromatic rings. The average Bonchev–Trinajstić information content (AvgIpc) is 2.77. The van der Waals surface area contributed by atoms with E-state index in [0.717, 1.165) is 4.31 Å². The van der Waals surface area contributed by atoms with E-state index in [9.17, 15) is 17.6 Å². The van der Waals surface area contributed by atoms with E-state index in [4.69, 9.17) is 23.2 Å². The summed E-state index contributed by atoms with van der Waals surface area (Å²) >= 11 is 12.1. The van der Waals surface area contributed by atoms with Crippen LogP contribution in [-0.4, -0.2) is 27.4 Å². The molecule has 0 bridgehead atoms. The van der Waals surface area contributed by atoms with E-state index in [-0.39, 0.29) is 23.7 Å². The topological polar surface area (TPSA) is 66.5 Å². The molecule has 1 amide bonds. The molecule has 0 heterocycles. The van der Waals surface area contributed by atoms with E-state index >= 15 is 0 Å². The maximum Gasteiger partial charge on any atom is 0.264 e. The van der Waals surface area contributed by atoms with Crippen LogP contribution in [0.3, 0.4) is 0 Å². The first-order chi connectivity index (χ1) is 14.8. The Bertz CT molecular complexity index is 1130. The normalized spacial score (nSPS) is 12.2. The Hall–Kier alpha value is -2.61. The molecule has 3 aromatic carbocycles. The van der Waals surface area contributed by atoms with Crippen LogP contribution in [0.4, 0.5) is 10.1 Å². The van der Waals surface area contributed by atoms with Gasteiger partial charge in [0.15, 0.2) is 0 Å². The summed E-state index contributed by atoms with van der Waals surface area (Å²) in [6.07, 6.45) is 0. The Labute approximate surface area is 190 Å². The molecule has 0 aromatic heterocycles. The molecule has 1 atom stereocenters. The number of alkyl halides is 1. The third kappa shape index (κ3) is 5.76. The zero-order valence-corrected chi connectivity index (χ0v) is 18.5. The molecule has 9 heteroatoms. The zero-order valence-electron chi connectivity index (χ0n) is 16.2. The van der Waals surface area contributed by atoms with Crippen molar-refractivity contribution in [1.29, 1.82) is 0 Å². The van der Waals surface area contributed by atoms with E-state index in [1.807, 2.05) is 6.07 Å². The lowest BCUT2D eigenvalue weighted by molar-refractivity contribution is -0.120. The number of nitrogens with one attached hydrogen (secondary N) is 1. The molecular formula is C22H19Cl2FN2O3S. The Balaban J connectivity index is 1.78. The molecule has 0 saturated heterocycles. The number of carbonyl (C=O) groups is 1. The van der Waals surface area contributed by atoms with E-state index < -0.39 is 27.1 Å². The molecule has 0 saturated carbocycles. The molecular weight excluding hydrogens is 462 g/mol. The van der Waals surface area contributed by atoms with Crippen molar-refractivity contribution in [3.05, 3.63) is 95.3 Å². The molecule has 1 unspecified atom stereocenters. The molecule has 0 aliphatic carbocycles. The smallest absolute Gasteiger partial charge is 0.264 e. The summed E-state index contributed by atoms with van der Waals surface area (Å²) in [5.74, 6) is -0.940. The first-order valence-corrected chi connectivity index (χ1v) is 11.5. The van der Waals surface area contributed by atoms with Gasteiger partial charge in [-0.15, -0.1) is 11.6 Å². The highest BCUT2D eigenvalue weighted by molar-refractivity contribution is 7.92. The molecule has 1 N–H and O–H groups in total. The van der Waals surface area contributed by atoms with Gasteiger partial charge in [0.2, 0.25) is 5.91 Å². The second-order valence-electron chi connectivity index (χ2n) is 6.57. The second kappa shape index (κ2) is 10.1. The number of carbonyl (C=O) groups excluding carboxylic acids is 1. The van der Waals surface area contributed by atoms with Gasteiger partial charge in [0.05, 0.1) is 17.1 Å². The predicted molar refractivity (Wildman–Crippen MR) is 120 cm³/mol. The standard InChI is InChI=1S/C22H19Cl2FN2O3S/c23-17-6-12-20(13-7-17)31(29,30)27(19-10-8-18(25)9-11-19)15-14-26-22(28)21(24)16-4-2-1-3-5-16/h1-13,21H,14-15H2,(H,26,28). The Kier molecular flexibility index (Phi) is 7.54. The fourth-order valence-corrected chi connectivity index (χ4v) is 4.69. The van der Waals surface area contributed by atoms with Crippen molar-refractivity contribution in [3.63, 3.8) is 0 Å². The van der Waals surface area contributed by atoms with Gasteiger partial charge in [0.25, 0.3) is 10.0 Å². The van der Waals surface area contributed by atoms with Crippen molar-refractivity contribution in [1.82, 2.24) is 5.32 Å². The highest BCUT2D eigenvalue weighted by Crippen LogP contribution is 2.25. The van der Waals surface area contributed by atoms with Crippen molar-refractivity contribution in [3.8, 4) is 0 Å². The molecule has 0 fully saturated rings. The van der Waals surface area contributed by atoms with Gasteiger partial charge in [-0.25, -0.2) is 12.8 Å². The lowest BCUT2D eigenvalue weighted by Gasteiger charge is -2.25. The Morgan fingerprint density at radius 2 is 1.58 bits per heavy atom. The zero-order chi connectivity index (χ0) is 22.4. The van der Waals surface area contributed by atoms with Crippen LogP contribution in [0.15, 0.2) is 83.8 Å². The van der Waals surface area contributed by atoms with Crippen LogP contribution in [0.1, 0.15) is 10.9 Å². The Morgan fingerprint density at radius 1 is 0.968 bits per heavy atom. The van der Waals surface area contributed by atoms with Crippen LogP contribution in [0.5, 0.6) is 0 Å². The number of anilines is 1. The van der Waals surface area contributed by atoms with Crippen molar-refractivity contribution >= 4 is 44.8 Å². The number of amides is 1. The van der Waals surface area contributed by atoms with Crippen molar-refractivity contribution in [2.24, 2.45) is 0 Å². The summed E-state index contributed by atoms with van der Waals surface area (Å²) in [7, 11) is -3.99. The van der Waals surface area contributed by atoms with Gasteiger partial charge < -0.3 is 5.32 Å². The van der Waals surface area contributed by atoms with Crippen molar-refractivity contribution in [2.45, 2.75) is 10.3 Å². The summed E-state index contributed by atoms with van der Waals surface area (Å²) in [5, 5.41) is 2.14. The van der Waals surface area contributed by atoms with Crippen LogP contribution < -0.4 is 9.62 Å². The van der Waals surface area contributed by atoms with Crippen molar-refractivity contribution < 1.29 is 17.6 Å². The van der Waals surface area contributed by atoms with Gasteiger partial charge in [0, 0.05) is 11.6 Å². The summed E-state index contributed by atoms with van der Waals surface area (Å²) < 4.78 is 40.9. The van der Waals surface area contributed by atoms with Gasteiger partial charge in [-0.05, 0) is 54.1 Å². The first kappa shape index (κ1) is 23.1. The van der Waals surface area contributed by atoms with Gasteiger partial charge >= 0.3 is 0 Å². The predicted octanol–water partition coefficient (Wildman–Crippen LogP) is 4.77. The molecule has 3 rings (SSSR count). The number of benzene rings is 3. The molecule has 5 nitrogen and oxygen atoms in total. The molecule has 0 spiro atoms. The third-order valence-electron chi connectivity index (χ3n) is 4.45. The second-order valence-corrected chi connectivity index (χ2v) is 9.31. The van der Waals surface area contributed by atoms with Crippen LogP contribution in [-0.2, 0) is 14.8 Å². The molecule has 0 radical (unpaired) electrons. The highest BCUT2D eigenvalue weighted by atomic mass is 35.5. The molecule has 0 aliphatic heterocycles. The number of nitrogens with zero attached hydrogens (tertiary/aromatic N) is 1. The summed E-state index contributed by atoms with van der Waals surface area (Å²) in [5.41, 5.74) is 0.891. The van der Waals surface area contributed by atoms with Crippen LogP contribution in [0, 0.1) is 5.82 Å². The molecule has 0 aliphatic rings. The number of halogens is 3. The van der Waals surface area contributed by atoms with Gasteiger partial charge in [-0.3, -0.25) is 9.10 Å². The summed E-state index contributed by atoms with van der Waals surface area (Å²) in [4.78, 5) is 12.4. The lowest BCUT2D eigenvalue weighted by atomic mass is 10.1. The number of hydrogen-bond donors (Lipinski definition) is 1. The minimum atomic E-state index is -3.99. The minimum Gasteiger partial charge on any atom is -0.353 e. The number of hydrogen-bond acceptors (Lipinski definition) is 3. The van der Waals surface area contributed by atoms with Crippen LogP contribution in [0.25, 0.3) is 0 Å². The van der Waals surface area contributed by atoms with E-state index in [1.165, 1.54) is 48.5 Å². The first-order valence-electron chi connectivity index (χ1n) is 9.29. The molecule has 31 heavy (non-hydrogen) atoms. The van der Waals surface area contributed by atoms with Crippen LogP contribution in [0.2, 0.25) is 5.02 Å². The Morgan fingerprint density at radius 3 is 2.19 bits per heavy atom. The van der Waals surface area contributed by atoms with Gasteiger partial charge in [-0.1, -0.05) is 41.9 Å². The fraction of sp³-hybridized carbons (Fsp3) is 0.136. The van der Waals surface area contributed by atoms with Gasteiger partial charge in [-0.2, -0.15) is 0 Å². The quantitative estimate of drug-likeness (QED) is 0.472. The average molecular weight is 481 g/mol. The van der Waals surface area contributed by atoms with Gasteiger partial charge in [0.1, 0.15) is 11.2 Å². The SMILES string of the molecule is O=C(NCCN(c1ccc(F)cc1)S(=O)(=O)c1ccc(Cl)cc1)C(Cl)c1ccccc1.